The normalized spacial score (nSPS) is 11.6. The molecule has 8 heteroatoms. The Hall–Kier alpha value is -3.42. The Morgan fingerprint density at radius 1 is 1.12 bits per heavy atom. The molecule has 5 rings (SSSR count). The van der Waals surface area contributed by atoms with E-state index in [-0.39, 0.29) is 5.56 Å². The van der Waals surface area contributed by atoms with E-state index in [1.54, 1.807) is 49.7 Å². The number of para-hydroxylation sites is 1. The van der Waals surface area contributed by atoms with Crippen molar-refractivity contribution in [1.82, 2.24) is 9.66 Å². The Morgan fingerprint density at radius 2 is 1.97 bits per heavy atom. The van der Waals surface area contributed by atoms with E-state index in [4.69, 9.17) is 20.8 Å². The van der Waals surface area contributed by atoms with Gasteiger partial charge in [-0.3, -0.25) is 4.79 Å². The van der Waals surface area contributed by atoms with E-state index in [0.717, 1.165) is 9.86 Å². The molecule has 158 valence electrons. The summed E-state index contributed by atoms with van der Waals surface area (Å²) in [6, 6.07) is 19.9. The highest BCUT2D eigenvalue weighted by atomic mass is 79.9. The van der Waals surface area contributed by atoms with E-state index in [9.17, 15) is 4.79 Å². The Bertz CT molecular complexity index is 1570. The van der Waals surface area contributed by atoms with Crippen molar-refractivity contribution in [1.29, 1.82) is 0 Å². The molecule has 0 atom stereocenters. The SMILES string of the molecule is COc1ccc(C=Nn2c(-c3cc4cc(Br)ccc4o3)nc3ccccc3c2=O)cc1Cl. The Kier molecular flexibility index (Phi) is 5.28. The van der Waals surface area contributed by atoms with E-state index in [2.05, 4.69) is 26.0 Å². The lowest BCUT2D eigenvalue weighted by atomic mass is 10.2. The third-order valence-corrected chi connectivity index (χ3v) is 5.74. The van der Waals surface area contributed by atoms with E-state index in [0.29, 0.717) is 44.4 Å². The van der Waals surface area contributed by atoms with Gasteiger partial charge in [-0.15, -0.1) is 0 Å². The molecule has 5 aromatic rings. The summed E-state index contributed by atoms with van der Waals surface area (Å²) in [6.45, 7) is 0. The molecular weight excluding hydrogens is 494 g/mol. The van der Waals surface area contributed by atoms with E-state index in [1.807, 2.05) is 30.3 Å². The number of benzene rings is 3. The van der Waals surface area contributed by atoms with Crippen LogP contribution in [0, 0.1) is 0 Å². The predicted molar refractivity (Wildman–Crippen MR) is 130 cm³/mol. The van der Waals surface area contributed by atoms with Crippen LogP contribution in [0.15, 0.2) is 85.5 Å². The predicted octanol–water partition coefficient (Wildman–Crippen LogP) is 6.12. The van der Waals surface area contributed by atoms with Crippen LogP contribution in [0.2, 0.25) is 5.02 Å². The third kappa shape index (κ3) is 3.70. The fourth-order valence-corrected chi connectivity index (χ4v) is 4.05. The molecule has 3 aromatic carbocycles. The number of aromatic nitrogens is 2. The van der Waals surface area contributed by atoms with Crippen LogP contribution in [-0.4, -0.2) is 23.0 Å². The summed E-state index contributed by atoms with van der Waals surface area (Å²) in [4.78, 5) is 18.0. The third-order valence-electron chi connectivity index (χ3n) is 4.95. The summed E-state index contributed by atoms with van der Waals surface area (Å²) in [5.41, 5.74) is 1.65. The summed E-state index contributed by atoms with van der Waals surface area (Å²) in [5.74, 6) is 1.30. The van der Waals surface area contributed by atoms with Crippen molar-refractivity contribution in [3.63, 3.8) is 0 Å². The van der Waals surface area contributed by atoms with Gasteiger partial charge in [-0.1, -0.05) is 39.7 Å². The molecule has 0 radical (unpaired) electrons. The highest BCUT2D eigenvalue weighted by Crippen LogP contribution is 2.29. The first-order valence-corrected chi connectivity index (χ1v) is 10.8. The van der Waals surface area contributed by atoms with Crippen molar-refractivity contribution in [2.24, 2.45) is 5.10 Å². The van der Waals surface area contributed by atoms with Crippen molar-refractivity contribution < 1.29 is 9.15 Å². The molecular formula is C24H15BrClN3O3. The lowest BCUT2D eigenvalue weighted by Crippen LogP contribution is -2.20. The summed E-state index contributed by atoms with van der Waals surface area (Å²) in [7, 11) is 1.55. The smallest absolute Gasteiger partial charge is 0.282 e. The zero-order valence-electron chi connectivity index (χ0n) is 16.8. The van der Waals surface area contributed by atoms with Crippen LogP contribution in [0.25, 0.3) is 33.5 Å². The molecule has 0 amide bonds. The first kappa shape index (κ1) is 20.5. The fraction of sp³-hybridized carbons (Fsp3) is 0.0417. The van der Waals surface area contributed by atoms with Gasteiger partial charge < -0.3 is 9.15 Å². The average Bonchev–Trinajstić information content (AvgIpc) is 3.21. The number of hydrogen-bond donors (Lipinski definition) is 0. The van der Waals surface area contributed by atoms with Gasteiger partial charge >= 0.3 is 0 Å². The van der Waals surface area contributed by atoms with Crippen LogP contribution < -0.4 is 10.3 Å². The largest absolute Gasteiger partial charge is 0.495 e. The van der Waals surface area contributed by atoms with Crippen LogP contribution in [-0.2, 0) is 0 Å². The number of ether oxygens (including phenoxy) is 1. The number of hydrogen-bond acceptors (Lipinski definition) is 5. The number of nitrogens with zero attached hydrogens (tertiary/aromatic N) is 3. The maximum absolute atomic E-state index is 13.3. The second-order valence-corrected chi connectivity index (χ2v) is 8.32. The maximum atomic E-state index is 13.3. The average molecular weight is 509 g/mol. The van der Waals surface area contributed by atoms with Gasteiger partial charge in [0.1, 0.15) is 11.3 Å². The van der Waals surface area contributed by atoms with Crippen molar-refractivity contribution in [2.75, 3.05) is 7.11 Å². The minimum absolute atomic E-state index is 0.303. The Labute approximate surface area is 195 Å². The van der Waals surface area contributed by atoms with Crippen molar-refractivity contribution >= 4 is 55.6 Å². The maximum Gasteiger partial charge on any atom is 0.282 e. The second kappa shape index (κ2) is 8.26. The van der Waals surface area contributed by atoms with E-state index >= 15 is 0 Å². The monoisotopic (exact) mass is 507 g/mol. The minimum Gasteiger partial charge on any atom is -0.495 e. The van der Waals surface area contributed by atoms with Crippen LogP contribution in [0.1, 0.15) is 5.56 Å². The van der Waals surface area contributed by atoms with Crippen molar-refractivity contribution in [3.8, 4) is 17.3 Å². The number of methoxy groups -OCH3 is 1. The molecule has 6 nitrogen and oxygen atoms in total. The Balaban J connectivity index is 1.70. The number of rotatable bonds is 4. The van der Waals surface area contributed by atoms with Gasteiger partial charge in [0, 0.05) is 9.86 Å². The van der Waals surface area contributed by atoms with Gasteiger partial charge in [0.25, 0.3) is 5.56 Å². The molecule has 0 saturated carbocycles. The minimum atomic E-state index is -0.303. The molecule has 0 aliphatic rings. The van der Waals surface area contributed by atoms with E-state index in [1.165, 1.54) is 4.68 Å². The first-order valence-electron chi connectivity index (χ1n) is 9.62. The Morgan fingerprint density at radius 3 is 2.78 bits per heavy atom. The van der Waals surface area contributed by atoms with Gasteiger partial charge in [-0.2, -0.15) is 9.78 Å². The van der Waals surface area contributed by atoms with Crippen LogP contribution in [0.3, 0.4) is 0 Å². The molecule has 0 unspecified atom stereocenters. The van der Waals surface area contributed by atoms with Crippen LogP contribution >= 0.6 is 27.5 Å². The zero-order chi connectivity index (χ0) is 22.2. The lowest BCUT2D eigenvalue weighted by Gasteiger charge is -2.07. The lowest BCUT2D eigenvalue weighted by molar-refractivity contribution is 0.415. The van der Waals surface area contributed by atoms with Gasteiger partial charge in [-0.25, -0.2) is 4.98 Å². The first-order chi connectivity index (χ1) is 15.5. The summed E-state index contributed by atoms with van der Waals surface area (Å²) in [6.07, 6.45) is 1.55. The quantitative estimate of drug-likeness (QED) is 0.274. The number of furan rings is 1. The zero-order valence-corrected chi connectivity index (χ0v) is 19.1. The number of halogens is 2. The molecule has 0 saturated heterocycles. The van der Waals surface area contributed by atoms with Gasteiger partial charge in [-0.05, 0) is 60.2 Å². The number of fused-ring (bicyclic) bond motifs is 2. The molecule has 0 spiro atoms. The molecule has 2 aromatic heterocycles. The molecule has 0 aliphatic carbocycles. The molecule has 0 fully saturated rings. The van der Waals surface area contributed by atoms with Crippen LogP contribution in [0.4, 0.5) is 0 Å². The molecule has 2 heterocycles. The van der Waals surface area contributed by atoms with Gasteiger partial charge in [0.15, 0.2) is 5.76 Å². The van der Waals surface area contributed by atoms with Crippen LogP contribution in [0.5, 0.6) is 5.75 Å². The van der Waals surface area contributed by atoms with E-state index < -0.39 is 0 Å². The van der Waals surface area contributed by atoms with Gasteiger partial charge in [0.05, 0.1) is 29.2 Å². The topological polar surface area (TPSA) is 69.6 Å². The molecule has 0 N–H and O–H groups in total. The summed E-state index contributed by atoms with van der Waals surface area (Å²) in [5, 5.41) is 6.22. The highest BCUT2D eigenvalue weighted by Gasteiger charge is 2.16. The second-order valence-electron chi connectivity index (χ2n) is 7.00. The molecule has 0 aliphatic heterocycles. The summed E-state index contributed by atoms with van der Waals surface area (Å²) >= 11 is 9.69. The summed E-state index contributed by atoms with van der Waals surface area (Å²) < 4.78 is 13.4. The van der Waals surface area contributed by atoms with Crippen molar-refractivity contribution in [3.05, 3.63) is 92.1 Å². The van der Waals surface area contributed by atoms with Gasteiger partial charge in [0.2, 0.25) is 5.82 Å². The van der Waals surface area contributed by atoms with Crippen molar-refractivity contribution in [2.45, 2.75) is 0 Å². The standard InChI is InChI=1S/C24H15BrClN3O3/c1-31-21-8-6-14(10-18(21)26)13-27-29-23(28-19-5-3-2-4-17(19)24(29)30)22-12-15-11-16(25)7-9-20(15)32-22/h2-13H,1H3. The molecule has 0 bridgehead atoms. The highest BCUT2D eigenvalue weighted by molar-refractivity contribution is 9.10. The molecule has 32 heavy (non-hydrogen) atoms. The fourth-order valence-electron chi connectivity index (χ4n) is 3.40.